The SMILES string of the molecule is Cc1nc(Cn2nc3n(c(=O)c2=O)C[C@@]2(CCN(C(=O)C4CC4)C2)C3)cs1. The summed E-state index contributed by atoms with van der Waals surface area (Å²) in [5.74, 6) is 1.11. The molecule has 2 aliphatic heterocycles. The Labute approximate surface area is 159 Å². The van der Waals surface area contributed by atoms with Crippen molar-refractivity contribution in [3.8, 4) is 0 Å². The van der Waals surface area contributed by atoms with Gasteiger partial charge in [-0.3, -0.25) is 19.0 Å². The van der Waals surface area contributed by atoms with Crippen molar-refractivity contribution in [1.29, 1.82) is 0 Å². The second-order valence-corrected chi connectivity index (χ2v) is 9.15. The highest BCUT2D eigenvalue weighted by molar-refractivity contribution is 7.09. The van der Waals surface area contributed by atoms with Crippen LogP contribution in [0.1, 0.15) is 35.8 Å². The zero-order valence-electron chi connectivity index (χ0n) is 15.2. The van der Waals surface area contributed by atoms with Crippen molar-refractivity contribution >= 4 is 17.2 Å². The van der Waals surface area contributed by atoms with E-state index in [1.165, 1.54) is 20.6 Å². The highest BCUT2D eigenvalue weighted by Crippen LogP contribution is 2.41. The van der Waals surface area contributed by atoms with Gasteiger partial charge in [0, 0.05) is 42.8 Å². The quantitative estimate of drug-likeness (QED) is 0.712. The minimum absolute atomic E-state index is 0.160. The van der Waals surface area contributed by atoms with E-state index in [-0.39, 0.29) is 23.8 Å². The number of carbonyl (C=O) groups excluding carboxylic acids is 1. The van der Waals surface area contributed by atoms with Crippen molar-refractivity contribution in [3.63, 3.8) is 0 Å². The van der Waals surface area contributed by atoms with Crippen molar-refractivity contribution in [1.82, 2.24) is 24.2 Å². The molecule has 2 aromatic rings. The van der Waals surface area contributed by atoms with Gasteiger partial charge in [0.25, 0.3) is 0 Å². The smallest absolute Gasteiger partial charge is 0.332 e. The molecule has 1 saturated carbocycles. The lowest BCUT2D eigenvalue weighted by atomic mass is 9.86. The Balaban J connectivity index is 1.42. The number of aryl methyl sites for hydroxylation is 1. The molecule has 1 aliphatic carbocycles. The number of thiazole rings is 1. The summed E-state index contributed by atoms with van der Waals surface area (Å²) in [5.41, 5.74) is -0.542. The molecule has 1 spiro atoms. The van der Waals surface area contributed by atoms with Crippen molar-refractivity contribution in [2.45, 2.75) is 45.7 Å². The minimum atomic E-state index is -0.606. The van der Waals surface area contributed by atoms with Crippen LogP contribution in [-0.4, -0.2) is 43.2 Å². The molecule has 9 heteroatoms. The number of aromatic nitrogens is 4. The molecule has 0 aromatic carbocycles. The molecule has 0 radical (unpaired) electrons. The molecule has 27 heavy (non-hydrogen) atoms. The van der Waals surface area contributed by atoms with E-state index in [0.29, 0.717) is 25.3 Å². The van der Waals surface area contributed by atoms with Crippen LogP contribution in [0.5, 0.6) is 0 Å². The number of likely N-dealkylation sites (tertiary alicyclic amines) is 1. The van der Waals surface area contributed by atoms with Gasteiger partial charge in [0.2, 0.25) is 5.91 Å². The van der Waals surface area contributed by atoms with E-state index in [2.05, 4.69) is 10.1 Å². The monoisotopic (exact) mass is 387 g/mol. The van der Waals surface area contributed by atoms with Gasteiger partial charge in [0.05, 0.1) is 17.2 Å². The first kappa shape index (κ1) is 16.9. The predicted octanol–water partition coefficient (Wildman–Crippen LogP) is 0.403. The number of hydrogen-bond acceptors (Lipinski definition) is 6. The van der Waals surface area contributed by atoms with Crippen LogP contribution in [0.3, 0.4) is 0 Å². The van der Waals surface area contributed by atoms with E-state index >= 15 is 0 Å². The lowest BCUT2D eigenvalue weighted by Gasteiger charge is -2.22. The topological polar surface area (TPSA) is 90.1 Å². The summed E-state index contributed by atoms with van der Waals surface area (Å²) >= 11 is 1.51. The Morgan fingerprint density at radius 3 is 2.81 bits per heavy atom. The molecule has 0 N–H and O–H groups in total. The second kappa shape index (κ2) is 5.85. The highest BCUT2D eigenvalue weighted by atomic mass is 32.1. The fourth-order valence-corrected chi connectivity index (χ4v) is 4.93. The van der Waals surface area contributed by atoms with E-state index in [1.54, 1.807) is 0 Å². The molecular weight excluding hydrogens is 366 g/mol. The molecule has 3 aliphatic rings. The number of fused-ring (bicyclic) bond motifs is 1. The maximum absolute atomic E-state index is 12.6. The predicted molar refractivity (Wildman–Crippen MR) is 98.8 cm³/mol. The van der Waals surface area contributed by atoms with Crippen LogP contribution in [0.15, 0.2) is 15.0 Å². The van der Waals surface area contributed by atoms with Crippen LogP contribution in [-0.2, 0) is 24.3 Å². The Morgan fingerprint density at radius 1 is 1.30 bits per heavy atom. The minimum Gasteiger partial charge on any atom is -0.342 e. The van der Waals surface area contributed by atoms with Crippen molar-refractivity contribution in [2.75, 3.05) is 13.1 Å². The van der Waals surface area contributed by atoms with E-state index in [9.17, 15) is 14.4 Å². The van der Waals surface area contributed by atoms with E-state index < -0.39 is 11.1 Å². The third kappa shape index (κ3) is 2.84. The maximum atomic E-state index is 12.6. The van der Waals surface area contributed by atoms with Crippen LogP contribution >= 0.6 is 11.3 Å². The summed E-state index contributed by atoms with van der Waals surface area (Å²) in [4.78, 5) is 43.8. The number of nitrogens with zero attached hydrogens (tertiary/aromatic N) is 5. The van der Waals surface area contributed by atoms with Gasteiger partial charge in [-0.25, -0.2) is 9.67 Å². The number of rotatable bonds is 3. The van der Waals surface area contributed by atoms with Gasteiger partial charge >= 0.3 is 11.1 Å². The molecule has 142 valence electrons. The number of carbonyl (C=O) groups is 1. The average molecular weight is 387 g/mol. The van der Waals surface area contributed by atoms with Crippen LogP contribution < -0.4 is 11.1 Å². The van der Waals surface area contributed by atoms with Gasteiger partial charge in [-0.2, -0.15) is 5.10 Å². The number of hydrogen-bond donors (Lipinski definition) is 0. The fraction of sp³-hybridized carbons (Fsp3) is 0.611. The van der Waals surface area contributed by atoms with Crippen molar-refractivity contribution < 1.29 is 4.79 Å². The third-order valence-electron chi connectivity index (χ3n) is 5.89. The maximum Gasteiger partial charge on any atom is 0.332 e. The van der Waals surface area contributed by atoms with Crippen molar-refractivity contribution in [2.24, 2.45) is 11.3 Å². The molecule has 2 fully saturated rings. The van der Waals surface area contributed by atoms with Crippen molar-refractivity contribution in [3.05, 3.63) is 42.6 Å². The largest absolute Gasteiger partial charge is 0.342 e. The lowest BCUT2D eigenvalue weighted by Crippen LogP contribution is -2.43. The third-order valence-corrected chi connectivity index (χ3v) is 6.71. The van der Waals surface area contributed by atoms with E-state index in [1.807, 2.05) is 17.2 Å². The Kier molecular flexibility index (Phi) is 3.65. The van der Waals surface area contributed by atoms with Gasteiger partial charge in [-0.15, -0.1) is 11.3 Å². The summed E-state index contributed by atoms with van der Waals surface area (Å²) in [6.45, 7) is 3.99. The van der Waals surface area contributed by atoms with Gasteiger partial charge in [-0.05, 0) is 26.2 Å². The first-order valence-electron chi connectivity index (χ1n) is 9.35. The second-order valence-electron chi connectivity index (χ2n) is 8.09. The Bertz CT molecular complexity index is 1050. The van der Waals surface area contributed by atoms with E-state index in [4.69, 9.17) is 0 Å². The molecule has 8 nitrogen and oxygen atoms in total. The van der Waals surface area contributed by atoms with E-state index in [0.717, 1.165) is 36.5 Å². The summed E-state index contributed by atoms with van der Waals surface area (Å²) in [7, 11) is 0. The molecule has 5 rings (SSSR count). The first-order valence-corrected chi connectivity index (χ1v) is 10.2. The molecule has 0 bridgehead atoms. The molecule has 0 unspecified atom stereocenters. The number of amides is 1. The zero-order valence-corrected chi connectivity index (χ0v) is 16.0. The zero-order chi connectivity index (χ0) is 18.8. The summed E-state index contributed by atoms with van der Waals surface area (Å²) in [6.07, 6.45) is 3.49. The Morgan fingerprint density at radius 2 is 2.11 bits per heavy atom. The van der Waals surface area contributed by atoms with Crippen LogP contribution in [0.2, 0.25) is 0 Å². The summed E-state index contributed by atoms with van der Waals surface area (Å²) in [5, 5.41) is 7.28. The molecule has 1 saturated heterocycles. The first-order chi connectivity index (χ1) is 12.9. The lowest BCUT2D eigenvalue weighted by molar-refractivity contribution is -0.131. The van der Waals surface area contributed by atoms with Gasteiger partial charge in [0.15, 0.2) is 0 Å². The van der Waals surface area contributed by atoms with Crippen LogP contribution in [0.25, 0.3) is 0 Å². The van der Waals surface area contributed by atoms with Gasteiger partial charge in [0.1, 0.15) is 5.82 Å². The normalized spacial score (nSPS) is 24.0. The highest BCUT2D eigenvalue weighted by Gasteiger charge is 2.47. The Hall–Kier alpha value is -2.29. The average Bonchev–Trinajstić information content (AvgIpc) is 3.14. The van der Waals surface area contributed by atoms with Gasteiger partial charge < -0.3 is 4.90 Å². The molecule has 4 heterocycles. The van der Waals surface area contributed by atoms with Crippen LogP contribution in [0.4, 0.5) is 0 Å². The van der Waals surface area contributed by atoms with Crippen LogP contribution in [0, 0.1) is 18.3 Å². The molecule has 1 atom stereocenters. The fourth-order valence-electron chi connectivity index (χ4n) is 4.33. The van der Waals surface area contributed by atoms with Gasteiger partial charge in [-0.1, -0.05) is 0 Å². The standard InChI is InChI=1S/C18H21N5O3S/c1-11-19-13(8-27-11)7-23-17(26)16(25)22-10-18(6-14(22)20-23)4-5-21(9-18)15(24)12-2-3-12/h8,12H,2-7,9-10H2,1H3/t18-/m0/s1. The molecule has 2 aromatic heterocycles. The summed E-state index contributed by atoms with van der Waals surface area (Å²) in [6, 6.07) is 0. The molecular formula is C18H21N5O3S. The molecule has 1 amide bonds. The summed E-state index contributed by atoms with van der Waals surface area (Å²) < 4.78 is 2.76.